The number of fused-ring (bicyclic) bond motifs is 9. The highest BCUT2D eigenvalue weighted by molar-refractivity contribution is 6.12. The lowest BCUT2D eigenvalue weighted by Gasteiger charge is -2.23. The second kappa shape index (κ2) is 5.19. The highest BCUT2D eigenvalue weighted by Crippen LogP contribution is 2.61. The minimum Gasteiger partial charge on any atom is -0.455 e. The second-order valence-electron chi connectivity index (χ2n) is 8.41. The van der Waals surface area contributed by atoms with Crippen LogP contribution in [0.25, 0.3) is 22.3 Å². The Bertz CT molecular complexity index is 1170. The van der Waals surface area contributed by atoms with E-state index < -0.39 is 0 Å². The van der Waals surface area contributed by atoms with Gasteiger partial charge in [-0.05, 0) is 55.6 Å². The first kappa shape index (κ1) is 15.4. The Kier molecular flexibility index (Phi) is 2.96. The number of carbonyl (C=O) groups excluding carboxylic acids is 1. The number of benzene rings is 2. The zero-order valence-electron chi connectivity index (χ0n) is 15.2. The first-order valence-electron chi connectivity index (χ1n) is 9.85. The van der Waals surface area contributed by atoms with Crippen LogP contribution >= 0.6 is 0 Å². The summed E-state index contributed by atoms with van der Waals surface area (Å²) in [5.41, 5.74) is 3.74. The van der Waals surface area contributed by atoms with Gasteiger partial charge in [-0.2, -0.15) is 0 Å². The molecule has 3 aliphatic rings. The van der Waals surface area contributed by atoms with Crippen molar-refractivity contribution in [2.24, 2.45) is 17.8 Å². The summed E-state index contributed by atoms with van der Waals surface area (Å²) >= 11 is 0. The lowest BCUT2D eigenvalue weighted by atomic mass is 9.79. The summed E-state index contributed by atoms with van der Waals surface area (Å²) in [5, 5.41) is 0.534. The van der Waals surface area contributed by atoms with Crippen molar-refractivity contribution in [3.8, 4) is 11.3 Å². The first-order chi connectivity index (χ1) is 13.1. The van der Waals surface area contributed by atoms with Crippen LogP contribution < -0.4 is 5.43 Å². The highest BCUT2D eigenvalue weighted by atomic mass is 16.3. The quantitative estimate of drug-likeness (QED) is 0.610. The van der Waals surface area contributed by atoms with Crippen molar-refractivity contribution >= 4 is 16.8 Å². The number of rotatable bonds is 1. The van der Waals surface area contributed by atoms with Crippen molar-refractivity contribution < 1.29 is 9.21 Å². The van der Waals surface area contributed by atoms with Gasteiger partial charge in [-0.15, -0.1) is 0 Å². The molecule has 2 aromatic carbocycles. The zero-order chi connectivity index (χ0) is 18.3. The largest absolute Gasteiger partial charge is 0.455 e. The Hall–Kier alpha value is -2.68. The Balaban J connectivity index is 1.66. The Morgan fingerprint density at radius 1 is 0.926 bits per heavy atom. The average Bonchev–Trinajstić information content (AvgIpc) is 3.38. The van der Waals surface area contributed by atoms with E-state index in [2.05, 4.69) is 0 Å². The maximum atomic E-state index is 13.4. The summed E-state index contributed by atoms with van der Waals surface area (Å²) in [6.07, 6.45) is 3.58. The van der Waals surface area contributed by atoms with Crippen molar-refractivity contribution in [2.45, 2.75) is 32.1 Å². The lowest BCUT2D eigenvalue weighted by Crippen LogP contribution is -2.20. The molecule has 2 fully saturated rings. The highest BCUT2D eigenvalue weighted by Gasteiger charge is 2.56. The van der Waals surface area contributed by atoms with Gasteiger partial charge in [0.2, 0.25) is 0 Å². The fourth-order valence-electron chi connectivity index (χ4n) is 6.05. The third-order valence-corrected chi connectivity index (χ3v) is 7.18. The maximum absolute atomic E-state index is 13.4. The van der Waals surface area contributed by atoms with Gasteiger partial charge in [-0.1, -0.05) is 36.4 Å². The van der Waals surface area contributed by atoms with Crippen molar-refractivity contribution in [3.63, 3.8) is 0 Å². The molecule has 0 amide bonds. The maximum Gasteiger partial charge on any atom is 0.196 e. The van der Waals surface area contributed by atoms with E-state index in [9.17, 15) is 9.59 Å². The van der Waals surface area contributed by atoms with Crippen molar-refractivity contribution in [1.82, 2.24) is 0 Å². The van der Waals surface area contributed by atoms with E-state index >= 15 is 0 Å². The van der Waals surface area contributed by atoms with E-state index in [4.69, 9.17) is 4.42 Å². The molecule has 0 spiro atoms. The first-order valence-corrected chi connectivity index (χ1v) is 9.85. The van der Waals surface area contributed by atoms with Crippen LogP contribution in [0.1, 0.15) is 46.7 Å². The molecule has 0 unspecified atom stereocenters. The Labute approximate surface area is 157 Å². The minimum atomic E-state index is -0.0364. The summed E-state index contributed by atoms with van der Waals surface area (Å²) in [4.78, 5) is 26.4. The normalized spacial score (nSPS) is 28.0. The molecule has 3 aromatic rings. The van der Waals surface area contributed by atoms with Gasteiger partial charge in [0.25, 0.3) is 0 Å². The molecular weight excluding hydrogens is 336 g/mol. The van der Waals surface area contributed by atoms with E-state index in [0.29, 0.717) is 45.6 Å². The molecule has 6 rings (SSSR count). The summed E-state index contributed by atoms with van der Waals surface area (Å²) < 4.78 is 6.31. The molecule has 3 aliphatic carbocycles. The van der Waals surface area contributed by atoms with Crippen LogP contribution in [-0.4, -0.2) is 5.78 Å². The van der Waals surface area contributed by atoms with Crippen LogP contribution in [0, 0.1) is 24.7 Å². The topological polar surface area (TPSA) is 47.3 Å². The molecule has 2 bridgehead atoms. The van der Waals surface area contributed by atoms with E-state index in [1.54, 1.807) is 6.92 Å². The molecule has 1 heterocycles. The van der Waals surface area contributed by atoms with Gasteiger partial charge in [-0.3, -0.25) is 9.59 Å². The van der Waals surface area contributed by atoms with Gasteiger partial charge in [0.15, 0.2) is 11.2 Å². The number of hydrogen-bond acceptors (Lipinski definition) is 3. The molecule has 3 nitrogen and oxygen atoms in total. The molecule has 0 radical (unpaired) electrons. The molecule has 1 aromatic heterocycles. The molecule has 4 atom stereocenters. The number of hydrogen-bond donors (Lipinski definition) is 0. The minimum absolute atomic E-state index is 0.0364. The van der Waals surface area contributed by atoms with Crippen LogP contribution in [0.3, 0.4) is 0 Å². The molecule has 27 heavy (non-hydrogen) atoms. The summed E-state index contributed by atoms with van der Waals surface area (Å²) in [6.45, 7) is 1.80. The number of ketones is 1. The smallest absolute Gasteiger partial charge is 0.196 e. The van der Waals surface area contributed by atoms with E-state index in [1.165, 1.54) is 19.3 Å². The molecule has 0 aliphatic heterocycles. The van der Waals surface area contributed by atoms with Crippen LogP contribution in [-0.2, 0) is 0 Å². The number of carbonyl (C=O) groups is 1. The molecule has 2 saturated carbocycles. The third kappa shape index (κ3) is 1.87. The Morgan fingerprint density at radius 2 is 1.67 bits per heavy atom. The van der Waals surface area contributed by atoms with E-state index in [-0.39, 0.29) is 17.1 Å². The van der Waals surface area contributed by atoms with E-state index in [1.807, 2.05) is 42.5 Å². The second-order valence-corrected chi connectivity index (χ2v) is 8.41. The van der Waals surface area contributed by atoms with E-state index in [0.717, 1.165) is 11.1 Å². The van der Waals surface area contributed by atoms with Crippen LogP contribution in [0.2, 0.25) is 0 Å². The zero-order valence-corrected chi connectivity index (χ0v) is 15.2. The monoisotopic (exact) mass is 356 g/mol. The summed E-state index contributed by atoms with van der Waals surface area (Å²) in [7, 11) is 0. The van der Waals surface area contributed by atoms with Crippen molar-refractivity contribution in [3.05, 3.63) is 69.4 Å². The SMILES string of the molecule is Cc1c(-c2ccccc2)oc2c3c(ccc2c1=O)[C@H]1[C@@H]2CC[C@@H](C2)[C@H]1C3=O. The van der Waals surface area contributed by atoms with Crippen LogP contribution in [0.15, 0.2) is 51.7 Å². The standard InChI is InChI=1S/C24H20O3/c1-12-21(25)17-10-9-16-18-14-7-8-15(11-14)19(18)22(26)20(16)24(17)27-23(12)13-5-3-2-4-6-13/h2-6,9-10,14-15,18-19H,7-8,11H2,1H3/t14-,15+,18-,19-/m1/s1. The summed E-state index contributed by atoms with van der Waals surface area (Å²) in [5.74, 6) is 2.36. The predicted molar refractivity (Wildman–Crippen MR) is 104 cm³/mol. The van der Waals surface area contributed by atoms with Gasteiger partial charge in [0.05, 0.1) is 10.9 Å². The molecule has 0 N–H and O–H groups in total. The van der Waals surface area contributed by atoms with Gasteiger partial charge < -0.3 is 4.42 Å². The van der Waals surface area contributed by atoms with Crippen LogP contribution in [0.4, 0.5) is 0 Å². The van der Waals surface area contributed by atoms with Gasteiger partial charge in [0.1, 0.15) is 11.3 Å². The van der Waals surface area contributed by atoms with Crippen LogP contribution in [0.5, 0.6) is 0 Å². The van der Waals surface area contributed by atoms with Gasteiger partial charge in [0, 0.05) is 17.0 Å². The fourth-order valence-corrected chi connectivity index (χ4v) is 6.05. The lowest BCUT2D eigenvalue weighted by molar-refractivity contribution is 0.0884. The summed E-state index contributed by atoms with van der Waals surface area (Å²) in [6, 6.07) is 13.6. The molecular formula is C24H20O3. The molecule has 3 heteroatoms. The molecule has 134 valence electrons. The van der Waals surface area contributed by atoms with Gasteiger partial charge in [-0.25, -0.2) is 0 Å². The molecule has 0 saturated heterocycles. The third-order valence-electron chi connectivity index (χ3n) is 7.18. The fraction of sp³-hybridized carbons (Fsp3) is 0.333. The van der Waals surface area contributed by atoms with Crippen molar-refractivity contribution in [1.29, 1.82) is 0 Å². The Morgan fingerprint density at radius 3 is 2.44 bits per heavy atom. The van der Waals surface area contributed by atoms with Crippen molar-refractivity contribution in [2.75, 3.05) is 0 Å². The predicted octanol–water partition coefficient (Wildman–Crippen LogP) is 5.09. The average molecular weight is 356 g/mol. The number of Topliss-reactive ketones (excluding diaryl/α,β-unsaturated/α-hetero) is 1. The van der Waals surface area contributed by atoms with Gasteiger partial charge >= 0.3 is 0 Å².